The van der Waals surface area contributed by atoms with Crippen LogP contribution in [0.3, 0.4) is 0 Å². The van der Waals surface area contributed by atoms with E-state index in [1.807, 2.05) is 42.6 Å². The topological polar surface area (TPSA) is 86.3 Å². The first-order valence-corrected chi connectivity index (χ1v) is 16.4. The number of halogens is 3. The van der Waals surface area contributed by atoms with Gasteiger partial charge in [0, 0.05) is 28.6 Å². The summed E-state index contributed by atoms with van der Waals surface area (Å²) in [4.78, 5) is 22.9. The second-order valence-electron chi connectivity index (χ2n) is 12.0. The van der Waals surface area contributed by atoms with E-state index in [1.165, 1.54) is 57.7 Å². The van der Waals surface area contributed by atoms with Crippen molar-refractivity contribution in [3.8, 4) is 28.5 Å². The lowest BCUT2D eigenvalue weighted by Crippen LogP contribution is -2.36. The SMILES string of the molecule is Cc1cccc(-n2c(C)cs/c2=N\C(=O)NC2CCCC2c2ccc(-c3ncn(-c4ccc(OC(F)(F)F)cc4)n3)cc2)c1C(C)C. The zero-order valence-corrected chi connectivity index (χ0v) is 27.3. The summed E-state index contributed by atoms with van der Waals surface area (Å²) in [5.41, 5.74) is 6.99. The van der Waals surface area contributed by atoms with Gasteiger partial charge in [-0.2, -0.15) is 4.99 Å². The molecule has 0 aliphatic heterocycles. The molecule has 1 aliphatic carbocycles. The van der Waals surface area contributed by atoms with Gasteiger partial charge in [-0.15, -0.1) is 29.6 Å². The number of carbonyl (C=O) groups excluding carboxylic acids is 1. The van der Waals surface area contributed by atoms with Crippen LogP contribution in [0.15, 0.2) is 83.4 Å². The molecular weight excluding hydrogens is 625 g/mol. The lowest BCUT2D eigenvalue weighted by atomic mass is 9.93. The van der Waals surface area contributed by atoms with E-state index in [4.69, 9.17) is 0 Å². The van der Waals surface area contributed by atoms with Crippen molar-refractivity contribution in [1.82, 2.24) is 24.6 Å². The highest BCUT2D eigenvalue weighted by molar-refractivity contribution is 7.07. The number of nitrogens with zero attached hydrogens (tertiary/aromatic N) is 5. The molecule has 1 N–H and O–H groups in total. The fraction of sp³-hybridized carbons (Fsp3) is 0.314. The van der Waals surface area contributed by atoms with Gasteiger partial charge >= 0.3 is 12.4 Å². The molecule has 8 nitrogen and oxygen atoms in total. The molecule has 2 atom stereocenters. The molecule has 6 rings (SSSR count). The van der Waals surface area contributed by atoms with Crippen LogP contribution < -0.4 is 14.9 Å². The van der Waals surface area contributed by atoms with Crippen LogP contribution >= 0.6 is 11.3 Å². The number of alkyl halides is 3. The van der Waals surface area contributed by atoms with Crippen LogP contribution in [-0.2, 0) is 0 Å². The molecule has 47 heavy (non-hydrogen) atoms. The lowest BCUT2D eigenvalue weighted by Gasteiger charge is -2.20. The molecule has 2 aromatic heterocycles. The predicted octanol–water partition coefficient (Wildman–Crippen LogP) is 8.37. The van der Waals surface area contributed by atoms with Gasteiger partial charge in [-0.05, 0) is 79.6 Å². The van der Waals surface area contributed by atoms with E-state index in [0.29, 0.717) is 22.2 Å². The van der Waals surface area contributed by atoms with Gasteiger partial charge in [0.1, 0.15) is 12.1 Å². The van der Waals surface area contributed by atoms with Crippen molar-refractivity contribution in [2.75, 3.05) is 0 Å². The Balaban J connectivity index is 1.16. The standard InChI is InChI=1S/C35H35F3N6O2S/c1-21(2)31-22(3)7-5-10-30(31)44-23(4)19-47-34(44)41-33(45)40-29-9-6-8-28(29)24-11-13-25(14-12-24)32-39-20-43(42-32)26-15-17-27(18-16-26)46-35(36,37)38/h5,7,10-21,28-29H,6,8-9H2,1-4H3,(H,40,45)/b41-34-. The van der Waals surface area contributed by atoms with Gasteiger partial charge in [0.25, 0.3) is 0 Å². The van der Waals surface area contributed by atoms with Gasteiger partial charge in [0.2, 0.25) is 0 Å². The number of hydrogen-bond acceptors (Lipinski definition) is 5. The minimum atomic E-state index is -4.75. The highest BCUT2D eigenvalue weighted by atomic mass is 32.1. The first-order valence-electron chi connectivity index (χ1n) is 15.5. The fourth-order valence-corrected chi connectivity index (χ4v) is 7.25. The molecule has 3 aromatic carbocycles. The highest BCUT2D eigenvalue weighted by Gasteiger charge is 2.31. The van der Waals surface area contributed by atoms with E-state index >= 15 is 0 Å². The molecule has 2 unspecified atom stereocenters. The van der Waals surface area contributed by atoms with Gasteiger partial charge < -0.3 is 10.1 Å². The van der Waals surface area contributed by atoms with Crippen LogP contribution in [0.2, 0.25) is 0 Å². The third-order valence-corrected chi connectivity index (χ3v) is 9.39. The number of thiazole rings is 1. The average molecular weight is 661 g/mol. The van der Waals surface area contributed by atoms with Gasteiger partial charge in [-0.3, -0.25) is 4.57 Å². The number of carbonyl (C=O) groups is 1. The number of hydrogen-bond donors (Lipinski definition) is 1. The summed E-state index contributed by atoms with van der Waals surface area (Å²) in [6, 6.07) is 19.2. The summed E-state index contributed by atoms with van der Waals surface area (Å²) in [5.74, 6) is 0.642. The predicted molar refractivity (Wildman–Crippen MR) is 175 cm³/mol. The van der Waals surface area contributed by atoms with Crippen LogP contribution in [0.5, 0.6) is 5.75 Å². The van der Waals surface area contributed by atoms with Gasteiger partial charge in [0.05, 0.1) is 11.4 Å². The molecule has 1 saturated carbocycles. The van der Waals surface area contributed by atoms with Crippen molar-refractivity contribution in [1.29, 1.82) is 0 Å². The third-order valence-electron chi connectivity index (χ3n) is 8.44. The van der Waals surface area contributed by atoms with Crippen LogP contribution in [0.25, 0.3) is 22.8 Å². The molecule has 2 heterocycles. The Hall–Kier alpha value is -4.71. The van der Waals surface area contributed by atoms with Gasteiger partial charge in [-0.25, -0.2) is 14.5 Å². The Morgan fingerprint density at radius 2 is 1.79 bits per heavy atom. The molecule has 1 fully saturated rings. The summed E-state index contributed by atoms with van der Waals surface area (Å²) < 4.78 is 44.9. The van der Waals surface area contributed by atoms with E-state index in [9.17, 15) is 18.0 Å². The van der Waals surface area contributed by atoms with Crippen molar-refractivity contribution in [2.24, 2.45) is 4.99 Å². The Kier molecular flexibility index (Phi) is 9.05. The molecule has 0 saturated heterocycles. The highest BCUT2D eigenvalue weighted by Crippen LogP contribution is 2.35. The van der Waals surface area contributed by atoms with E-state index in [0.717, 1.165) is 41.8 Å². The maximum Gasteiger partial charge on any atom is 0.573 e. The Labute approximate surface area is 274 Å². The van der Waals surface area contributed by atoms with E-state index in [2.05, 4.69) is 62.6 Å². The molecule has 1 aliphatic rings. The Morgan fingerprint density at radius 3 is 2.49 bits per heavy atom. The molecule has 244 valence electrons. The number of ether oxygens (including phenoxy) is 1. The summed E-state index contributed by atoms with van der Waals surface area (Å²) in [6.45, 7) is 8.50. The van der Waals surface area contributed by atoms with Crippen LogP contribution in [-0.4, -0.2) is 37.8 Å². The number of benzene rings is 3. The van der Waals surface area contributed by atoms with E-state index < -0.39 is 6.36 Å². The molecular formula is C35H35F3N6O2S. The molecule has 0 radical (unpaired) electrons. The van der Waals surface area contributed by atoms with E-state index in [-0.39, 0.29) is 23.7 Å². The number of rotatable bonds is 7. The van der Waals surface area contributed by atoms with Gasteiger partial charge in [0.15, 0.2) is 10.6 Å². The maximum absolute atomic E-state index is 13.3. The molecule has 5 aromatic rings. The number of urea groups is 1. The fourth-order valence-electron chi connectivity index (χ4n) is 6.38. The van der Waals surface area contributed by atoms with Crippen molar-refractivity contribution < 1.29 is 22.7 Å². The number of aromatic nitrogens is 4. The van der Waals surface area contributed by atoms with Crippen molar-refractivity contribution in [3.05, 3.63) is 106 Å². The molecule has 0 spiro atoms. The first-order chi connectivity index (χ1) is 22.5. The van der Waals surface area contributed by atoms with Crippen molar-refractivity contribution in [2.45, 2.75) is 71.2 Å². The zero-order chi connectivity index (χ0) is 33.3. The van der Waals surface area contributed by atoms with Crippen LogP contribution in [0, 0.1) is 13.8 Å². The Bertz CT molecular complexity index is 1940. The monoisotopic (exact) mass is 660 g/mol. The molecule has 12 heteroatoms. The minimum absolute atomic E-state index is 0.0431. The average Bonchev–Trinajstić information content (AvgIpc) is 3.77. The zero-order valence-electron chi connectivity index (χ0n) is 26.5. The Morgan fingerprint density at radius 1 is 1.04 bits per heavy atom. The smallest absolute Gasteiger partial charge is 0.406 e. The van der Waals surface area contributed by atoms with Crippen LogP contribution in [0.4, 0.5) is 18.0 Å². The molecule has 0 bridgehead atoms. The number of amides is 2. The first kappa shape index (κ1) is 32.2. The third kappa shape index (κ3) is 7.17. The second kappa shape index (κ2) is 13.2. The minimum Gasteiger partial charge on any atom is -0.406 e. The lowest BCUT2D eigenvalue weighted by molar-refractivity contribution is -0.274. The summed E-state index contributed by atoms with van der Waals surface area (Å²) in [5, 5.41) is 9.71. The summed E-state index contributed by atoms with van der Waals surface area (Å²) >= 11 is 1.46. The second-order valence-corrected chi connectivity index (χ2v) is 12.9. The largest absolute Gasteiger partial charge is 0.573 e. The van der Waals surface area contributed by atoms with Crippen LogP contribution in [0.1, 0.15) is 67.3 Å². The quantitative estimate of drug-likeness (QED) is 0.190. The normalized spacial score (nSPS) is 17.0. The summed E-state index contributed by atoms with van der Waals surface area (Å²) in [7, 11) is 0. The molecule has 2 amide bonds. The van der Waals surface area contributed by atoms with Crippen molar-refractivity contribution >= 4 is 17.4 Å². The number of aryl methyl sites for hydroxylation is 2. The number of nitrogens with one attached hydrogen (secondary N) is 1. The summed E-state index contributed by atoms with van der Waals surface area (Å²) in [6.07, 6.45) is -0.429. The maximum atomic E-state index is 13.3. The van der Waals surface area contributed by atoms with E-state index in [1.54, 1.807) is 0 Å². The van der Waals surface area contributed by atoms with Crippen molar-refractivity contribution in [3.63, 3.8) is 0 Å². The van der Waals surface area contributed by atoms with Gasteiger partial charge in [-0.1, -0.05) is 56.7 Å².